The first-order valence-electron chi connectivity index (χ1n) is 7.61. The van der Waals surface area contributed by atoms with Gasteiger partial charge >= 0.3 is 0 Å². The number of rotatable bonds is 1. The topological polar surface area (TPSA) is 30.0 Å². The zero-order valence-electron chi connectivity index (χ0n) is 12.5. The van der Waals surface area contributed by atoms with Crippen LogP contribution in [0.4, 0.5) is 0 Å². The number of thiophene rings is 1. The van der Waals surface area contributed by atoms with Gasteiger partial charge in [0, 0.05) is 15.6 Å². The van der Waals surface area contributed by atoms with Crippen LogP contribution in [0.25, 0.3) is 42.0 Å². The number of fused-ring (bicyclic) bond motifs is 4. The highest BCUT2D eigenvalue weighted by Crippen LogP contribution is 2.41. The van der Waals surface area contributed by atoms with Gasteiger partial charge in [-0.05, 0) is 23.6 Å². The normalized spacial score (nSPS) is 11.5. The first kappa shape index (κ1) is 13.8. The Bertz CT molecular complexity index is 1220. The minimum absolute atomic E-state index is 0.0916. The molecule has 0 radical (unpaired) electrons. The number of para-hydroxylation sites is 1. The maximum atomic E-state index is 13.2. The van der Waals surface area contributed by atoms with E-state index in [9.17, 15) is 4.79 Å². The second kappa shape index (κ2) is 5.23. The molecule has 2 aromatic carbocycles. The molecular formula is C20H11NOS2. The standard InChI is InChI=1S/C20H11NOS2/c22-19-13-7-2-1-6-12(13)18-20(17(19)16-10-5-11-23-16)24-15-9-4-3-8-14(15)21-18/h1-11H. The van der Waals surface area contributed by atoms with Crippen LogP contribution in [-0.4, -0.2) is 4.98 Å². The maximum absolute atomic E-state index is 13.2. The van der Waals surface area contributed by atoms with Crippen molar-refractivity contribution in [1.82, 2.24) is 4.98 Å². The van der Waals surface area contributed by atoms with Gasteiger partial charge < -0.3 is 0 Å². The first-order chi connectivity index (χ1) is 11.8. The Labute approximate surface area is 146 Å². The van der Waals surface area contributed by atoms with E-state index in [0.29, 0.717) is 0 Å². The number of hydrogen-bond donors (Lipinski definition) is 0. The summed E-state index contributed by atoms with van der Waals surface area (Å²) in [5.41, 5.74) is 2.75. The van der Waals surface area contributed by atoms with E-state index >= 15 is 0 Å². The van der Waals surface area contributed by atoms with Crippen LogP contribution in [-0.2, 0) is 0 Å². The van der Waals surface area contributed by atoms with Crippen molar-refractivity contribution in [2.75, 3.05) is 0 Å². The van der Waals surface area contributed by atoms with Crippen molar-refractivity contribution >= 4 is 43.7 Å². The fourth-order valence-corrected chi connectivity index (χ4v) is 5.07. The Morgan fingerprint density at radius 2 is 1.62 bits per heavy atom. The van der Waals surface area contributed by atoms with Gasteiger partial charge in [0.25, 0.3) is 0 Å². The monoisotopic (exact) mass is 345 g/mol. The second-order valence-corrected chi connectivity index (χ2v) is 7.59. The Hall–Kier alpha value is -2.56. The van der Waals surface area contributed by atoms with E-state index in [-0.39, 0.29) is 5.43 Å². The van der Waals surface area contributed by atoms with Crippen molar-refractivity contribution < 1.29 is 0 Å². The summed E-state index contributed by atoms with van der Waals surface area (Å²) in [4.78, 5) is 20.0. The van der Waals surface area contributed by atoms with Crippen LogP contribution in [0.15, 0.2) is 70.8 Å². The lowest BCUT2D eigenvalue weighted by atomic mass is 10.00. The summed E-state index contributed by atoms with van der Waals surface area (Å²) in [6.07, 6.45) is 0. The summed E-state index contributed by atoms with van der Waals surface area (Å²) in [6, 6.07) is 19.9. The molecule has 1 aliphatic carbocycles. The third kappa shape index (κ3) is 1.94. The molecule has 0 saturated carbocycles. The third-order valence-corrected chi connectivity index (χ3v) is 6.23. The molecule has 2 aliphatic rings. The summed E-state index contributed by atoms with van der Waals surface area (Å²) in [6.45, 7) is 0. The van der Waals surface area contributed by atoms with Crippen LogP contribution in [0.2, 0.25) is 0 Å². The van der Waals surface area contributed by atoms with Gasteiger partial charge in [-0.2, -0.15) is 0 Å². The molecule has 0 amide bonds. The molecule has 2 nitrogen and oxygen atoms in total. The van der Waals surface area contributed by atoms with Gasteiger partial charge in [-0.1, -0.05) is 42.5 Å². The van der Waals surface area contributed by atoms with E-state index in [1.54, 1.807) is 22.7 Å². The molecule has 114 valence electrons. The molecule has 0 fully saturated rings. The predicted molar refractivity (Wildman–Crippen MR) is 103 cm³/mol. The molecule has 3 aromatic rings. The Balaban J connectivity index is 2.08. The van der Waals surface area contributed by atoms with Gasteiger partial charge in [-0.25, -0.2) is 4.98 Å². The number of aromatic nitrogens is 1. The van der Waals surface area contributed by atoms with Gasteiger partial charge in [-0.15, -0.1) is 22.7 Å². The average Bonchev–Trinajstić information content (AvgIpc) is 3.15. The fraction of sp³-hybridized carbons (Fsp3) is 0. The minimum Gasteiger partial charge on any atom is -0.288 e. The minimum atomic E-state index is 0.0916. The molecule has 0 saturated heterocycles. The van der Waals surface area contributed by atoms with Crippen molar-refractivity contribution in [3.05, 3.63) is 76.3 Å². The lowest BCUT2D eigenvalue weighted by Gasteiger charge is -2.13. The predicted octanol–water partition coefficient (Wildman–Crippen LogP) is 5.64. The molecule has 24 heavy (non-hydrogen) atoms. The lowest BCUT2D eigenvalue weighted by molar-refractivity contribution is 1.44. The van der Waals surface area contributed by atoms with E-state index in [0.717, 1.165) is 42.0 Å². The smallest absolute Gasteiger partial charge is 0.196 e. The molecule has 0 spiro atoms. The second-order valence-electron chi connectivity index (χ2n) is 5.59. The SMILES string of the molecule is O=c1c(-c2cccs2)c2sc3ccccc3nc-2c2ccccc12. The molecule has 0 unspecified atom stereocenters. The van der Waals surface area contributed by atoms with Crippen LogP contribution in [0, 0.1) is 0 Å². The van der Waals surface area contributed by atoms with Gasteiger partial charge in [0.1, 0.15) is 0 Å². The summed E-state index contributed by atoms with van der Waals surface area (Å²) < 4.78 is 1.09. The van der Waals surface area contributed by atoms with Crippen molar-refractivity contribution in [3.8, 4) is 21.0 Å². The fourth-order valence-electron chi connectivity index (χ4n) is 3.09. The molecule has 4 heteroatoms. The largest absolute Gasteiger partial charge is 0.288 e. The lowest BCUT2D eigenvalue weighted by Crippen LogP contribution is -2.08. The van der Waals surface area contributed by atoms with Crippen molar-refractivity contribution in [2.45, 2.75) is 0 Å². The molecule has 1 aromatic heterocycles. The van der Waals surface area contributed by atoms with Crippen LogP contribution in [0.5, 0.6) is 0 Å². The molecule has 0 atom stereocenters. The number of benzene rings is 3. The highest BCUT2D eigenvalue weighted by Gasteiger charge is 2.21. The summed E-state index contributed by atoms with van der Waals surface area (Å²) in [7, 11) is 0. The molecule has 1 aliphatic heterocycles. The van der Waals surface area contributed by atoms with Gasteiger partial charge in [0.05, 0.1) is 26.4 Å². The molecular weight excluding hydrogens is 334 g/mol. The van der Waals surface area contributed by atoms with Gasteiger partial charge in [0.2, 0.25) is 0 Å². The molecule has 2 heterocycles. The number of nitrogens with zero attached hydrogens (tertiary/aromatic N) is 1. The Morgan fingerprint density at radius 3 is 2.46 bits per heavy atom. The molecule has 0 N–H and O–H groups in total. The van der Waals surface area contributed by atoms with Crippen molar-refractivity contribution in [1.29, 1.82) is 0 Å². The van der Waals surface area contributed by atoms with Crippen LogP contribution >= 0.6 is 22.7 Å². The van der Waals surface area contributed by atoms with Gasteiger partial charge in [-0.3, -0.25) is 4.79 Å². The number of hydrogen-bond acceptors (Lipinski definition) is 4. The zero-order chi connectivity index (χ0) is 16.1. The Morgan fingerprint density at radius 1 is 0.833 bits per heavy atom. The van der Waals surface area contributed by atoms with Crippen LogP contribution < -0.4 is 5.43 Å². The van der Waals surface area contributed by atoms with E-state index in [1.807, 2.05) is 60.0 Å². The molecule has 0 bridgehead atoms. The van der Waals surface area contributed by atoms with Crippen LogP contribution in [0.1, 0.15) is 0 Å². The highest BCUT2D eigenvalue weighted by molar-refractivity contribution is 7.22. The summed E-state index contributed by atoms with van der Waals surface area (Å²) in [5, 5.41) is 3.68. The van der Waals surface area contributed by atoms with Crippen LogP contribution in [0.3, 0.4) is 0 Å². The van der Waals surface area contributed by atoms with Crippen molar-refractivity contribution in [3.63, 3.8) is 0 Å². The Kier molecular flexibility index (Phi) is 3.01. The summed E-state index contributed by atoms with van der Waals surface area (Å²) in [5.74, 6) is 0. The van der Waals surface area contributed by atoms with E-state index in [1.165, 1.54) is 0 Å². The van der Waals surface area contributed by atoms with E-state index in [4.69, 9.17) is 4.98 Å². The highest BCUT2D eigenvalue weighted by atomic mass is 32.1. The van der Waals surface area contributed by atoms with Gasteiger partial charge in [0.15, 0.2) is 5.43 Å². The van der Waals surface area contributed by atoms with Crippen molar-refractivity contribution in [2.24, 2.45) is 0 Å². The molecule has 5 rings (SSSR count). The zero-order valence-corrected chi connectivity index (χ0v) is 14.2. The van der Waals surface area contributed by atoms with E-state index < -0.39 is 0 Å². The van der Waals surface area contributed by atoms with E-state index in [2.05, 4.69) is 6.07 Å². The average molecular weight is 345 g/mol. The quantitative estimate of drug-likeness (QED) is 0.290. The maximum Gasteiger partial charge on any atom is 0.196 e. The summed E-state index contributed by atoms with van der Waals surface area (Å²) >= 11 is 3.25. The first-order valence-corrected chi connectivity index (χ1v) is 9.31. The third-order valence-electron chi connectivity index (χ3n) is 4.17.